The van der Waals surface area contributed by atoms with Crippen molar-refractivity contribution in [3.63, 3.8) is 0 Å². The molecule has 5 aliphatic rings. The van der Waals surface area contributed by atoms with Crippen LogP contribution in [0.25, 0.3) is 0 Å². The molecule has 5 fully saturated rings. The monoisotopic (exact) mass is 480 g/mol. The van der Waals surface area contributed by atoms with E-state index in [9.17, 15) is 4.79 Å². The van der Waals surface area contributed by atoms with Crippen molar-refractivity contribution in [3.05, 3.63) is 0 Å². The van der Waals surface area contributed by atoms with Crippen molar-refractivity contribution in [2.45, 2.75) is 91.1 Å². The van der Waals surface area contributed by atoms with Gasteiger partial charge in [-0.25, -0.2) is 0 Å². The lowest BCUT2D eigenvalue weighted by Gasteiger charge is -2.71. The zero-order valence-corrected chi connectivity index (χ0v) is 22.2. The van der Waals surface area contributed by atoms with E-state index in [0.29, 0.717) is 62.3 Å². The molecule has 8 atom stereocenters. The number of rotatable bonds is 11. The van der Waals surface area contributed by atoms with Gasteiger partial charge in [-0.3, -0.25) is 4.79 Å². The predicted octanol–water partition coefficient (Wildman–Crippen LogP) is 5.58. The van der Waals surface area contributed by atoms with Crippen molar-refractivity contribution in [1.29, 1.82) is 0 Å². The summed E-state index contributed by atoms with van der Waals surface area (Å²) < 4.78 is 28.3. The minimum atomic E-state index is -0.0352. The van der Waals surface area contributed by atoms with E-state index in [4.69, 9.17) is 23.7 Å². The molecule has 1 spiro atoms. The van der Waals surface area contributed by atoms with Gasteiger partial charge in [-0.2, -0.15) is 0 Å². The Bertz CT molecular complexity index is 698. The lowest BCUT2D eigenvalue weighted by Crippen LogP contribution is -2.67. The van der Waals surface area contributed by atoms with Crippen molar-refractivity contribution in [1.82, 2.24) is 0 Å². The van der Waals surface area contributed by atoms with E-state index in [1.807, 2.05) is 6.92 Å². The summed E-state index contributed by atoms with van der Waals surface area (Å²) in [7, 11) is 3.41. The Morgan fingerprint density at radius 2 is 1.74 bits per heavy atom. The van der Waals surface area contributed by atoms with Gasteiger partial charge < -0.3 is 23.7 Å². The molecule has 0 aromatic heterocycles. The molecule has 5 saturated carbocycles. The van der Waals surface area contributed by atoms with Gasteiger partial charge in [0.2, 0.25) is 0 Å². The summed E-state index contributed by atoms with van der Waals surface area (Å²) in [4.78, 5) is 12.2. The highest BCUT2D eigenvalue weighted by Crippen LogP contribution is 2.73. The minimum Gasteiger partial charge on any atom is -0.466 e. The lowest BCUT2D eigenvalue weighted by molar-refractivity contribution is -0.277. The van der Waals surface area contributed by atoms with Crippen LogP contribution in [0.5, 0.6) is 0 Å². The number of carbonyl (C=O) groups excluding carboxylic acids is 1. The average Bonchev–Trinajstić information content (AvgIpc) is 2.82. The third-order valence-corrected chi connectivity index (χ3v) is 10.7. The molecule has 0 radical (unpaired) electrons. The SMILES string of the molecule is CCOC(=O)CC[C@]1(C)CCC[C@]2(C)[C@@H]1CC[C@@]13CC[C@@H](C[C@@H]21)[C@H](COCOC)[C@H]3OCOC. The van der Waals surface area contributed by atoms with Crippen LogP contribution >= 0.6 is 0 Å². The number of hydrogen-bond donors (Lipinski definition) is 0. The summed E-state index contributed by atoms with van der Waals surface area (Å²) in [5.41, 5.74) is 0.715. The quantitative estimate of drug-likeness (QED) is 0.219. The maximum absolute atomic E-state index is 12.2. The second-order valence-electron chi connectivity index (χ2n) is 12.2. The lowest BCUT2D eigenvalue weighted by atomic mass is 9.35. The Labute approximate surface area is 206 Å². The molecule has 5 rings (SSSR count). The highest BCUT2D eigenvalue weighted by Gasteiger charge is 2.68. The molecular formula is C28H48O6. The molecular weight excluding hydrogens is 432 g/mol. The molecule has 0 aromatic rings. The molecule has 0 heterocycles. The maximum Gasteiger partial charge on any atom is 0.305 e. The van der Waals surface area contributed by atoms with Crippen molar-refractivity contribution in [2.24, 2.45) is 39.9 Å². The van der Waals surface area contributed by atoms with Gasteiger partial charge in [-0.1, -0.05) is 20.3 Å². The second kappa shape index (κ2) is 10.7. The zero-order chi connectivity index (χ0) is 24.4. The summed E-state index contributed by atoms with van der Waals surface area (Å²) in [6, 6.07) is 0. The molecule has 0 aliphatic heterocycles. The summed E-state index contributed by atoms with van der Waals surface area (Å²) >= 11 is 0. The van der Waals surface area contributed by atoms with Crippen molar-refractivity contribution >= 4 is 5.97 Å². The van der Waals surface area contributed by atoms with Crippen LogP contribution in [0.15, 0.2) is 0 Å². The van der Waals surface area contributed by atoms with Gasteiger partial charge in [0, 0.05) is 32.0 Å². The first-order valence-electron chi connectivity index (χ1n) is 13.7. The average molecular weight is 481 g/mol. The fraction of sp³-hybridized carbons (Fsp3) is 0.964. The number of hydrogen-bond acceptors (Lipinski definition) is 6. The third-order valence-electron chi connectivity index (χ3n) is 10.7. The minimum absolute atomic E-state index is 0.0352. The van der Waals surface area contributed by atoms with Gasteiger partial charge >= 0.3 is 5.97 Å². The van der Waals surface area contributed by atoms with Crippen LogP contribution < -0.4 is 0 Å². The highest BCUT2D eigenvalue weighted by molar-refractivity contribution is 5.69. The van der Waals surface area contributed by atoms with Crippen LogP contribution in [-0.2, 0) is 28.5 Å². The van der Waals surface area contributed by atoms with E-state index in [0.717, 1.165) is 6.42 Å². The topological polar surface area (TPSA) is 63.2 Å². The highest BCUT2D eigenvalue weighted by atomic mass is 16.7. The second-order valence-corrected chi connectivity index (χ2v) is 12.2. The number of fused-ring (bicyclic) bond motifs is 3. The van der Waals surface area contributed by atoms with Crippen molar-refractivity contribution in [2.75, 3.05) is 41.0 Å². The molecule has 6 heteroatoms. The molecule has 34 heavy (non-hydrogen) atoms. The van der Waals surface area contributed by atoms with Gasteiger partial charge in [-0.05, 0) is 86.9 Å². The van der Waals surface area contributed by atoms with Gasteiger partial charge in [0.15, 0.2) is 0 Å². The van der Waals surface area contributed by atoms with Crippen LogP contribution in [0.1, 0.15) is 85.0 Å². The predicted molar refractivity (Wildman–Crippen MR) is 130 cm³/mol. The van der Waals surface area contributed by atoms with Crippen LogP contribution in [0.4, 0.5) is 0 Å². The third kappa shape index (κ3) is 4.57. The normalized spacial score (nSPS) is 43.3. The van der Waals surface area contributed by atoms with E-state index in [1.54, 1.807) is 14.2 Å². The summed E-state index contributed by atoms with van der Waals surface area (Å²) in [6.07, 6.45) is 11.8. The molecule has 0 N–H and O–H groups in total. The summed E-state index contributed by atoms with van der Waals surface area (Å²) in [5, 5.41) is 0. The first-order chi connectivity index (χ1) is 16.3. The van der Waals surface area contributed by atoms with E-state index in [2.05, 4.69) is 13.8 Å². The first-order valence-corrected chi connectivity index (χ1v) is 13.7. The Morgan fingerprint density at radius 1 is 0.971 bits per heavy atom. The Balaban J connectivity index is 1.58. The molecule has 6 nitrogen and oxygen atoms in total. The molecule has 5 aliphatic carbocycles. The molecule has 196 valence electrons. The molecule has 0 saturated heterocycles. The number of esters is 1. The van der Waals surface area contributed by atoms with Crippen LogP contribution in [0.3, 0.4) is 0 Å². The molecule has 0 aromatic carbocycles. The van der Waals surface area contributed by atoms with E-state index < -0.39 is 0 Å². The van der Waals surface area contributed by atoms with Gasteiger partial charge in [0.05, 0.1) is 19.3 Å². The standard InChI is InChI=1S/C28H48O6/c1-6-33-24(29)10-13-26(2)11-7-12-27(3)22(26)9-15-28-14-8-20(16-23(27)28)21(17-32-18-30-4)25(28)34-19-31-5/h20-23,25H,6-19H2,1-5H3/t20-,21-,22+,23-,25+,26-,27+,28-/m0/s1. The van der Waals surface area contributed by atoms with Crippen molar-refractivity contribution in [3.8, 4) is 0 Å². The summed E-state index contributed by atoms with van der Waals surface area (Å²) in [5.74, 6) is 2.33. The van der Waals surface area contributed by atoms with E-state index >= 15 is 0 Å². The van der Waals surface area contributed by atoms with Crippen molar-refractivity contribution < 1.29 is 28.5 Å². The smallest absolute Gasteiger partial charge is 0.305 e. The fourth-order valence-electron chi connectivity index (χ4n) is 9.42. The van der Waals surface area contributed by atoms with Gasteiger partial charge in [0.25, 0.3) is 0 Å². The molecule has 0 amide bonds. The number of ether oxygens (including phenoxy) is 5. The zero-order valence-electron chi connectivity index (χ0n) is 22.2. The first kappa shape index (κ1) is 26.4. The summed E-state index contributed by atoms with van der Waals surface area (Å²) in [6.45, 7) is 8.83. The molecule has 2 bridgehead atoms. The van der Waals surface area contributed by atoms with Gasteiger partial charge in [0.1, 0.15) is 13.6 Å². The van der Waals surface area contributed by atoms with E-state index in [-0.39, 0.29) is 22.9 Å². The molecule has 0 unspecified atom stereocenters. The van der Waals surface area contributed by atoms with Crippen LogP contribution in [-0.4, -0.2) is 53.1 Å². The largest absolute Gasteiger partial charge is 0.466 e. The number of methoxy groups -OCH3 is 2. The Morgan fingerprint density at radius 3 is 2.47 bits per heavy atom. The van der Waals surface area contributed by atoms with Crippen LogP contribution in [0.2, 0.25) is 0 Å². The maximum atomic E-state index is 12.2. The Hall–Kier alpha value is -0.690. The van der Waals surface area contributed by atoms with Crippen LogP contribution in [0, 0.1) is 39.9 Å². The number of carbonyl (C=O) groups is 1. The van der Waals surface area contributed by atoms with E-state index in [1.165, 1.54) is 51.4 Å². The van der Waals surface area contributed by atoms with Gasteiger partial charge in [-0.15, -0.1) is 0 Å². The Kier molecular flexibility index (Phi) is 8.33. The fourth-order valence-corrected chi connectivity index (χ4v) is 9.42.